The molecular weight excluding hydrogens is 231 g/mol. The zero-order chi connectivity index (χ0) is 13.2. The standard InChI is InChI=1S/C12H14F3NO/c1-7(16-12(2,3)6-17)8-4-10(14)11(15)5-9(8)13/h4-5,17H,6H2,1-3H3. The van der Waals surface area contributed by atoms with Crippen molar-refractivity contribution in [2.45, 2.75) is 26.3 Å². The largest absolute Gasteiger partial charge is 0.394 e. The third kappa shape index (κ3) is 3.30. The lowest BCUT2D eigenvalue weighted by Gasteiger charge is -2.17. The van der Waals surface area contributed by atoms with Crippen molar-refractivity contribution >= 4 is 5.71 Å². The molecule has 0 aliphatic rings. The molecule has 1 N–H and O–H groups in total. The van der Waals surface area contributed by atoms with Crippen LogP contribution in [0, 0.1) is 17.5 Å². The van der Waals surface area contributed by atoms with Gasteiger partial charge in [0.1, 0.15) is 5.82 Å². The Kier molecular flexibility index (Phi) is 3.93. The van der Waals surface area contributed by atoms with E-state index in [2.05, 4.69) is 4.99 Å². The van der Waals surface area contributed by atoms with Crippen LogP contribution in [0.25, 0.3) is 0 Å². The van der Waals surface area contributed by atoms with Gasteiger partial charge in [0.15, 0.2) is 11.6 Å². The number of benzene rings is 1. The number of halogens is 3. The van der Waals surface area contributed by atoms with Crippen LogP contribution in [0.3, 0.4) is 0 Å². The number of hydrogen-bond donors (Lipinski definition) is 1. The van der Waals surface area contributed by atoms with Gasteiger partial charge < -0.3 is 5.11 Å². The molecule has 5 heteroatoms. The van der Waals surface area contributed by atoms with Crippen molar-refractivity contribution in [2.75, 3.05) is 6.61 Å². The molecule has 0 fully saturated rings. The maximum Gasteiger partial charge on any atom is 0.161 e. The first kappa shape index (κ1) is 13.7. The number of aliphatic hydroxyl groups is 1. The molecule has 0 saturated heterocycles. The Hall–Kier alpha value is -1.36. The lowest BCUT2D eigenvalue weighted by atomic mass is 10.1. The highest BCUT2D eigenvalue weighted by Crippen LogP contribution is 2.17. The monoisotopic (exact) mass is 245 g/mol. The van der Waals surface area contributed by atoms with Crippen LogP contribution in [0.5, 0.6) is 0 Å². The predicted octanol–water partition coefficient (Wildman–Crippen LogP) is 2.68. The van der Waals surface area contributed by atoms with Gasteiger partial charge in [-0.05, 0) is 26.8 Å². The zero-order valence-corrected chi connectivity index (χ0v) is 9.89. The molecule has 0 amide bonds. The third-order valence-corrected chi connectivity index (χ3v) is 2.26. The van der Waals surface area contributed by atoms with Crippen LogP contribution in [0.1, 0.15) is 26.3 Å². The maximum absolute atomic E-state index is 13.4. The minimum absolute atomic E-state index is 0.106. The fourth-order valence-corrected chi connectivity index (χ4v) is 1.35. The first-order valence-electron chi connectivity index (χ1n) is 5.09. The van der Waals surface area contributed by atoms with Crippen LogP contribution in [-0.2, 0) is 0 Å². The summed E-state index contributed by atoms with van der Waals surface area (Å²) in [6.45, 7) is 4.55. The van der Waals surface area contributed by atoms with Crippen molar-refractivity contribution in [3.8, 4) is 0 Å². The van der Waals surface area contributed by atoms with Gasteiger partial charge >= 0.3 is 0 Å². The Bertz CT molecular complexity index is 455. The van der Waals surface area contributed by atoms with E-state index in [0.29, 0.717) is 6.07 Å². The summed E-state index contributed by atoms with van der Waals surface area (Å²) in [4.78, 5) is 4.07. The molecule has 94 valence electrons. The number of aliphatic imine (C=N–C) groups is 1. The molecule has 1 rings (SSSR count). The summed E-state index contributed by atoms with van der Waals surface area (Å²) in [6.07, 6.45) is 0. The molecule has 0 spiro atoms. The van der Waals surface area contributed by atoms with Crippen molar-refractivity contribution in [3.63, 3.8) is 0 Å². The molecule has 17 heavy (non-hydrogen) atoms. The molecule has 0 aliphatic carbocycles. The van der Waals surface area contributed by atoms with Crippen molar-refractivity contribution in [3.05, 3.63) is 35.1 Å². The molecule has 0 saturated carbocycles. The van der Waals surface area contributed by atoms with Gasteiger partial charge in [-0.15, -0.1) is 0 Å². The van der Waals surface area contributed by atoms with Gasteiger partial charge in [0.2, 0.25) is 0 Å². The van der Waals surface area contributed by atoms with Gasteiger partial charge in [0.25, 0.3) is 0 Å². The number of rotatable bonds is 3. The predicted molar refractivity (Wildman–Crippen MR) is 59.7 cm³/mol. The third-order valence-electron chi connectivity index (χ3n) is 2.26. The van der Waals surface area contributed by atoms with E-state index in [9.17, 15) is 13.2 Å². The molecule has 0 heterocycles. The van der Waals surface area contributed by atoms with E-state index in [1.165, 1.54) is 6.92 Å². The molecule has 0 unspecified atom stereocenters. The Labute approximate surface area is 97.8 Å². The van der Waals surface area contributed by atoms with Crippen molar-refractivity contribution < 1.29 is 18.3 Å². The van der Waals surface area contributed by atoms with Gasteiger partial charge in [-0.2, -0.15) is 0 Å². The van der Waals surface area contributed by atoms with E-state index in [1.807, 2.05) is 0 Å². The average Bonchev–Trinajstić information content (AvgIpc) is 2.22. The van der Waals surface area contributed by atoms with Crippen molar-refractivity contribution in [2.24, 2.45) is 4.99 Å². The topological polar surface area (TPSA) is 32.6 Å². The molecule has 0 atom stereocenters. The molecule has 1 aromatic carbocycles. The molecule has 2 nitrogen and oxygen atoms in total. The van der Waals surface area contributed by atoms with Gasteiger partial charge in [-0.3, -0.25) is 4.99 Å². The highest BCUT2D eigenvalue weighted by atomic mass is 19.2. The molecule has 0 radical (unpaired) electrons. The van der Waals surface area contributed by atoms with E-state index in [1.54, 1.807) is 13.8 Å². The first-order chi connectivity index (χ1) is 7.76. The lowest BCUT2D eigenvalue weighted by molar-refractivity contribution is 0.223. The van der Waals surface area contributed by atoms with Gasteiger partial charge in [0.05, 0.1) is 12.1 Å². The number of hydrogen-bond acceptors (Lipinski definition) is 2. The van der Waals surface area contributed by atoms with Gasteiger partial charge in [0, 0.05) is 17.3 Å². The highest BCUT2D eigenvalue weighted by Gasteiger charge is 2.17. The Balaban J connectivity index is 3.21. The van der Waals surface area contributed by atoms with E-state index in [-0.39, 0.29) is 17.9 Å². The molecular formula is C12H14F3NO. The molecule has 1 aromatic rings. The van der Waals surface area contributed by atoms with E-state index in [0.717, 1.165) is 6.07 Å². The Morgan fingerprint density at radius 2 is 1.71 bits per heavy atom. The second kappa shape index (κ2) is 4.87. The minimum Gasteiger partial charge on any atom is -0.394 e. The Morgan fingerprint density at radius 3 is 2.24 bits per heavy atom. The fraction of sp³-hybridized carbons (Fsp3) is 0.417. The summed E-state index contributed by atoms with van der Waals surface area (Å²) < 4.78 is 39.1. The summed E-state index contributed by atoms with van der Waals surface area (Å²) in [7, 11) is 0. The fourth-order valence-electron chi connectivity index (χ4n) is 1.35. The quantitative estimate of drug-likeness (QED) is 0.644. The summed E-state index contributed by atoms with van der Waals surface area (Å²) in [5.41, 5.74) is -0.688. The number of aliphatic hydroxyl groups excluding tert-OH is 1. The van der Waals surface area contributed by atoms with Crippen LogP contribution < -0.4 is 0 Å². The zero-order valence-electron chi connectivity index (χ0n) is 9.89. The van der Waals surface area contributed by atoms with E-state index >= 15 is 0 Å². The summed E-state index contributed by atoms with van der Waals surface area (Å²) >= 11 is 0. The normalized spacial score (nSPS) is 13.0. The summed E-state index contributed by atoms with van der Waals surface area (Å²) in [5, 5.41) is 9.02. The summed E-state index contributed by atoms with van der Waals surface area (Å²) in [6, 6.07) is 1.24. The molecule has 0 aliphatic heterocycles. The van der Waals surface area contributed by atoms with E-state index < -0.39 is 23.0 Å². The minimum atomic E-state index is -1.24. The smallest absolute Gasteiger partial charge is 0.161 e. The van der Waals surface area contributed by atoms with E-state index in [4.69, 9.17) is 5.11 Å². The van der Waals surface area contributed by atoms with Crippen LogP contribution in [0.15, 0.2) is 17.1 Å². The SMILES string of the molecule is CC(=NC(C)(C)CO)c1cc(F)c(F)cc1F. The second-order valence-corrected chi connectivity index (χ2v) is 4.41. The van der Waals surface area contributed by atoms with Crippen LogP contribution >= 0.6 is 0 Å². The molecule has 0 bridgehead atoms. The average molecular weight is 245 g/mol. The van der Waals surface area contributed by atoms with Crippen molar-refractivity contribution in [1.29, 1.82) is 0 Å². The molecule has 0 aromatic heterocycles. The number of nitrogens with zero attached hydrogens (tertiary/aromatic N) is 1. The van der Waals surface area contributed by atoms with Crippen LogP contribution in [0.2, 0.25) is 0 Å². The maximum atomic E-state index is 13.4. The van der Waals surface area contributed by atoms with Gasteiger partial charge in [-0.1, -0.05) is 0 Å². The highest BCUT2D eigenvalue weighted by molar-refractivity contribution is 5.99. The van der Waals surface area contributed by atoms with Crippen LogP contribution in [0.4, 0.5) is 13.2 Å². The lowest BCUT2D eigenvalue weighted by Crippen LogP contribution is -2.24. The summed E-state index contributed by atoms with van der Waals surface area (Å²) in [5.74, 6) is -3.24. The first-order valence-corrected chi connectivity index (χ1v) is 5.09. The Morgan fingerprint density at radius 1 is 1.18 bits per heavy atom. The van der Waals surface area contributed by atoms with Crippen LogP contribution in [-0.4, -0.2) is 23.0 Å². The second-order valence-electron chi connectivity index (χ2n) is 4.41. The van der Waals surface area contributed by atoms with Crippen molar-refractivity contribution in [1.82, 2.24) is 0 Å². The van der Waals surface area contributed by atoms with Gasteiger partial charge in [-0.25, -0.2) is 13.2 Å².